The van der Waals surface area contributed by atoms with E-state index in [0.717, 1.165) is 45.2 Å². The largest absolute Gasteiger partial charge is 0.481 e. The van der Waals surface area contributed by atoms with Crippen molar-refractivity contribution in [1.29, 1.82) is 0 Å². The molecule has 3 rings (SSSR count). The van der Waals surface area contributed by atoms with Crippen molar-refractivity contribution in [1.82, 2.24) is 4.90 Å². The Bertz CT molecular complexity index is 476. The van der Waals surface area contributed by atoms with E-state index >= 15 is 0 Å². The first-order valence-corrected chi connectivity index (χ1v) is 8.04. The van der Waals surface area contributed by atoms with E-state index in [4.69, 9.17) is 0 Å². The van der Waals surface area contributed by atoms with Gasteiger partial charge in [0.15, 0.2) is 0 Å². The lowest BCUT2D eigenvalue weighted by Crippen LogP contribution is -2.44. The summed E-state index contributed by atoms with van der Waals surface area (Å²) in [5.41, 5.74) is 0.927. The molecule has 0 bridgehead atoms. The molecule has 19 heavy (non-hydrogen) atoms. The molecular formula is C15H21NO2S. The summed E-state index contributed by atoms with van der Waals surface area (Å²) in [6.07, 6.45) is 4.91. The second-order valence-electron chi connectivity index (χ2n) is 5.99. The molecule has 104 valence electrons. The lowest BCUT2D eigenvalue weighted by molar-refractivity contribution is -0.150. The molecule has 2 aliphatic rings. The molecule has 0 aromatic carbocycles. The van der Waals surface area contributed by atoms with Crippen molar-refractivity contribution in [3.8, 4) is 0 Å². The van der Waals surface area contributed by atoms with Crippen molar-refractivity contribution in [2.24, 2.45) is 5.41 Å². The van der Waals surface area contributed by atoms with Gasteiger partial charge in [-0.15, -0.1) is 11.3 Å². The van der Waals surface area contributed by atoms with Gasteiger partial charge in [0.05, 0.1) is 5.41 Å². The highest BCUT2D eigenvalue weighted by atomic mass is 32.1. The van der Waals surface area contributed by atoms with Gasteiger partial charge in [0.2, 0.25) is 0 Å². The van der Waals surface area contributed by atoms with Gasteiger partial charge < -0.3 is 5.11 Å². The van der Waals surface area contributed by atoms with Crippen molar-refractivity contribution < 1.29 is 9.90 Å². The maximum absolute atomic E-state index is 11.7. The molecule has 2 heterocycles. The molecule has 1 aliphatic heterocycles. The minimum atomic E-state index is -0.590. The van der Waals surface area contributed by atoms with Gasteiger partial charge in [-0.2, -0.15) is 0 Å². The number of thiophene rings is 1. The SMILES string of the molecule is CC1c2ccsc2CCN1CC1(C(=O)O)CCCC1. The van der Waals surface area contributed by atoms with Crippen LogP contribution in [0.4, 0.5) is 0 Å². The molecule has 0 spiro atoms. The van der Waals surface area contributed by atoms with Crippen molar-refractivity contribution in [2.75, 3.05) is 13.1 Å². The van der Waals surface area contributed by atoms with E-state index in [1.807, 2.05) is 11.3 Å². The Labute approximate surface area is 118 Å². The van der Waals surface area contributed by atoms with Crippen LogP contribution < -0.4 is 0 Å². The van der Waals surface area contributed by atoms with Gasteiger partial charge in [-0.3, -0.25) is 9.69 Å². The molecule has 1 aliphatic carbocycles. The van der Waals surface area contributed by atoms with Gasteiger partial charge in [-0.05, 0) is 43.2 Å². The summed E-state index contributed by atoms with van der Waals surface area (Å²) in [5.74, 6) is -0.590. The van der Waals surface area contributed by atoms with Crippen LogP contribution in [0.5, 0.6) is 0 Å². The van der Waals surface area contributed by atoms with Crippen LogP contribution in [0.15, 0.2) is 11.4 Å². The summed E-state index contributed by atoms with van der Waals surface area (Å²) in [6.45, 7) is 3.94. The van der Waals surface area contributed by atoms with Gasteiger partial charge in [0.25, 0.3) is 0 Å². The zero-order chi connectivity index (χ0) is 13.5. The number of carboxylic acid groups (broad SMARTS) is 1. The number of hydrogen-bond acceptors (Lipinski definition) is 3. The van der Waals surface area contributed by atoms with E-state index < -0.39 is 11.4 Å². The van der Waals surface area contributed by atoms with E-state index in [0.29, 0.717) is 6.04 Å². The average Bonchev–Trinajstić information content (AvgIpc) is 3.02. The van der Waals surface area contributed by atoms with Crippen molar-refractivity contribution >= 4 is 17.3 Å². The normalized spacial score (nSPS) is 26.3. The zero-order valence-corrected chi connectivity index (χ0v) is 12.2. The van der Waals surface area contributed by atoms with Crippen LogP contribution in [0.3, 0.4) is 0 Å². The highest BCUT2D eigenvalue weighted by molar-refractivity contribution is 7.10. The van der Waals surface area contributed by atoms with E-state index in [1.54, 1.807) is 0 Å². The fourth-order valence-corrected chi connectivity index (χ4v) is 4.62. The van der Waals surface area contributed by atoms with Gasteiger partial charge in [0, 0.05) is 24.0 Å². The van der Waals surface area contributed by atoms with E-state index in [-0.39, 0.29) is 0 Å². The lowest BCUT2D eigenvalue weighted by atomic mass is 9.84. The number of fused-ring (bicyclic) bond motifs is 1. The molecule has 1 aromatic heterocycles. The Morgan fingerprint density at radius 2 is 2.26 bits per heavy atom. The number of carbonyl (C=O) groups is 1. The second-order valence-corrected chi connectivity index (χ2v) is 6.99. The van der Waals surface area contributed by atoms with Crippen LogP contribution in [0.1, 0.15) is 49.1 Å². The second kappa shape index (κ2) is 4.91. The topological polar surface area (TPSA) is 40.5 Å². The zero-order valence-electron chi connectivity index (χ0n) is 11.4. The van der Waals surface area contributed by atoms with E-state index in [2.05, 4.69) is 23.3 Å². The first kappa shape index (κ1) is 13.1. The third kappa shape index (κ3) is 2.21. The van der Waals surface area contributed by atoms with Crippen molar-refractivity contribution in [3.63, 3.8) is 0 Å². The molecule has 1 unspecified atom stereocenters. The first-order chi connectivity index (χ1) is 9.12. The molecular weight excluding hydrogens is 258 g/mol. The fraction of sp³-hybridized carbons (Fsp3) is 0.667. The van der Waals surface area contributed by atoms with E-state index in [9.17, 15) is 9.90 Å². The van der Waals surface area contributed by atoms with Crippen LogP contribution in [0.25, 0.3) is 0 Å². The molecule has 1 aromatic rings. The molecule has 1 fully saturated rings. The summed E-state index contributed by atoms with van der Waals surface area (Å²) in [5, 5.41) is 11.8. The molecule has 1 atom stereocenters. The highest BCUT2D eigenvalue weighted by Gasteiger charge is 2.43. The summed E-state index contributed by atoms with van der Waals surface area (Å²) >= 11 is 1.84. The fourth-order valence-electron chi connectivity index (χ4n) is 3.66. The van der Waals surface area contributed by atoms with Crippen molar-refractivity contribution in [3.05, 3.63) is 21.9 Å². The van der Waals surface area contributed by atoms with Crippen LogP contribution >= 0.6 is 11.3 Å². The Balaban J connectivity index is 1.79. The number of carboxylic acids is 1. The number of hydrogen-bond donors (Lipinski definition) is 1. The Hall–Kier alpha value is -0.870. The lowest BCUT2D eigenvalue weighted by Gasteiger charge is -2.38. The molecule has 0 amide bonds. The molecule has 1 saturated carbocycles. The third-order valence-corrected chi connectivity index (χ3v) is 5.92. The van der Waals surface area contributed by atoms with Gasteiger partial charge in [-0.1, -0.05) is 12.8 Å². The monoisotopic (exact) mass is 279 g/mol. The van der Waals surface area contributed by atoms with Crippen LogP contribution in [-0.2, 0) is 11.2 Å². The van der Waals surface area contributed by atoms with Gasteiger partial charge in [0.1, 0.15) is 0 Å². The Morgan fingerprint density at radius 3 is 2.95 bits per heavy atom. The van der Waals surface area contributed by atoms with Crippen LogP contribution in [0, 0.1) is 5.41 Å². The molecule has 4 heteroatoms. The minimum Gasteiger partial charge on any atom is -0.481 e. The number of nitrogens with zero attached hydrogens (tertiary/aromatic N) is 1. The maximum Gasteiger partial charge on any atom is 0.310 e. The van der Waals surface area contributed by atoms with Gasteiger partial charge >= 0.3 is 5.97 Å². The Kier molecular flexibility index (Phi) is 3.39. The predicted octanol–water partition coefficient (Wildman–Crippen LogP) is 3.31. The standard InChI is InChI=1S/C15H21NO2S/c1-11-12-5-9-19-13(12)4-8-16(11)10-15(14(17)18)6-2-3-7-15/h5,9,11H,2-4,6-8,10H2,1H3,(H,17,18). The molecule has 1 N–H and O–H groups in total. The number of aliphatic carboxylic acids is 1. The average molecular weight is 279 g/mol. The highest BCUT2D eigenvalue weighted by Crippen LogP contribution is 2.42. The van der Waals surface area contributed by atoms with Crippen LogP contribution in [-0.4, -0.2) is 29.1 Å². The summed E-state index contributed by atoms with van der Waals surface area (Å²) in [7, 11) is 0. The maximum atomic E-state index is 11.7. The summed E-state index contributed by atoms with van der Waals surface area (Å²) in [4.78, 5) is 15.5. The van der Waals surface area contributed by atoms with Crippen molar-refractivity contribution in [2.45, 2.75) is 45.1 Å². The Morgan fingerprint density at radius 1 is 1.53 bits per heavy atom. The molecule has 0 radical (unpaired) electrons. The van der Waals surface area contributed by atoms with E-state index in [1.165, 1.54) is 10.4 Å². The van der Waals surface area contributed by atoms with Gasteiger partial charge in [-0.25, -0.2) is 0 Å². The first-order valence-electron chi connectivity index (χ1n) is 7.16. The third-order valence-electron chi connectivity index (χ3n) is 4.92. The minimum absolute atomic E-state index is 0.367. The molecule has 3 nitrogen and oxygen atoms in total. The smallest absolute Gasteiger partial charge is 0.310 e. The summed E-state index contributed by atoms with van der Waals surface area (Å²) in [6, 6.07) is 2.57. The quantitative estimate of drug-likeness (QED) is 0.922. The van der Waals surface area contributed by atoms with Crippen LogP contribution in [0.2, 0.25) is 0 Å². The summed E-state index contributed by atoms with van der Waals surface area (Å²) < 4.78 is 0. The predicted molar refractivity (Wildman–Crippen MR) is 76.5 cm³/mol. The molecule has 0 saturated heterocycles. The number of rotatable bonds is 3.